The molecule has 1 heterocycles. The summed E-state index contributed by atoms with van der Waals surface area (Å²) in [6, 6.07) is 9.09. The van der Waals surface area contributed by atoms with Gasteiger partial charge in [0.15, 0.2) is 0 Å². The molecule has 0 aliphatic carbocycles. The monoisotopic (exact) mass is 317 g/mol. The molecule has 1 aromatic heterocycles. The fraction of sp³-hybridized carbons (Fsp3) is 0.412. The average Bonchev–Trinajstić information content (AvgIpc) is 3.03. The summed E-state index contributed by atoms with van der Waals surface area (Å²) in [6.07, 6.45) is 3.12. The number of nitrogens with one attached hydrogen (secondary N) is 1. The number of aromatic nitrogens is 2. The molecular weight excluding hydrogens is 294 g/mol. The van der Waals surface area contributed by atoms with Crippen molar-refractivity contribution < 1.29 is 14.6 Å². The second-order valence-electron chi connectivity index (χ2n) is 5.58. The number of aliphatic hydroxyl groups excluding tert-OH is 1. The molecule has 0 spiro atoms. The van der Waals surface area contributed by atoms with Crippen LogP contribution < -0.4 is 10.1 Å². The third-order valence-electron chi connectivity index (χ3n) is 3.23. The van der Waals surface area contributed by atoms with Crippen molar-refractivity contribution >= 4 is 5.91 Å². The zero-order valence-corrected chi connectivity index (χ0v) is 13.5. The Balaban J connectivity index is 1.79. The Hall–Kier alpha value is -2.34. The molecule has 2 N–H and O–H groups in total. The van der Waals surface area contributed by atoms with Crippen molar-refractivity contribution in [3.63, 3.8) is 0 Å². The second-order valence-corrected chi connectivity index (χ2v) is 5.58. The lowest BCUT2D eigenvalue weighted by Crippen LogP contribution is -2.29. The molecule has 0 radical (unpaired) electrons. The van der Waals surface area contributed by atoms with Gasteiger partial charge in [-0.3, -0.25) is 9.48 Å². The number of benzene rings is 1. The van der Waals surface area contributed by atoms with Crippen LogP contribution in [0.3, 0.4) is 0 Å². The van der Waals surface area contributed by atoms with Crippen molar-refractivity contribution in [2.75, 3.05) is 6.54 Å². The Labute approximate surface area is 136 Å². The molecular formula is C17H23N3O3. The molecule has 124 valence electrons. The van der Waals surface area contributed by atoms with Crippen LogP contribution in [0.25, 0.3) is 0 Å². The number of rotatable bonds is 8. The van der Waals surface area contributed by atoms with E-state index in [9.17, 15) is 9.90 Å². The third kappa shape index (κ3) is 5.75. The number of carbonyl (C=O) groups excluding carboxylic acids is 1. The van der Waals surface area contributed by atoms with Crippen LogP contribution >= 0.6 is 0 Å². The van der Waals surface area contributed by atoms with Gasteiger partial charge in [-0.05, 0) is 37.6 Å². The van der Waals surface area contributed by atoms with E-state index in [0.29, 0.717) is 18.7 Å². The van der Waals surface area contributed by atoms with Crippen molar-refractivity contribution in [1.29, 1.82) is 0 Å². The number of amides is 1. The van der Waals surface area contributed by atoms with E-state index in [0.717, 1.165) is 5.56 Å². The minimum absolute atomic E-state index is 0.0735. The van der Waals surface area contributed by atoms with Gasteiger partial charge in [0.1, 0.15) is 5.75 Å². The van der Waals surface area contributed by atoms with E-state index in [1.165, 1.54) is 0 Å². The third-order valence-corrected chi connectivity index (χ3v) is 3.23. The molecule has 0 fully saturated rings. The fourth-order valence-corrected chi connectivity index (χ4v) is 2.13. The first-order valence-corrected chi connectivity index (χ1v) is 7.73. The summed E-state index contributed by atoms with van der Waals surface area (Å²) in [6.45, 7) is 4.58. The number of nitrogens with zero attached hydrogens (tertiary/aromatic N) is 2. The van der Waals surface area contributed by atoms with Crippen molar-refractivity contribution in [1.82, 2.24) is 15.1 Å². The van der Waals surface area contributed by atoms with Gasteiger partial charge in [0.2, 0.25) is 5.91 Å². The maximum Gasteiger partial charge on any atom is 0.221 e. The molecule has 23 heavy (non-hydrogen) atoms. The highest BCUT2D eigenvalue weighted by Gasteiger charge is 2.11. The first-order valence-electron chi connectivity index (χ1n) is 7.73. The zero-order valence-electron chi connectivity index (χ0n) is 13.5. The van der Waals surface area contributed by atoms with Crippen LogP contribution in [-0.4, -0.2) is 33.4 Å². The number of aryl methyl sites for hydroxylation is 1. The highest BCUT2D eigenvalue weighted by molar-refractivity contribution is 5.75. The van der Waals surface area contributed by atoms with Crippen molar-refractivity contribution in [2.45, 2.75) is 39.0 Å². The van der Waals surface area contributed by atoms with Crippen molar-refractivity contribution in [2.24, 2.45) is 0 Å². The minimum Gasteiger partial charge on any atom is -0.491 e. The van der Waals surface area contributed by atoms with Crippen molar-refractivity contribution in [3.8, 4) is 5.75 Å². The van der Waals surface area contributed by atoms with Gasteiger partial charge in [-0.25, -0.2) is 0 Å². The largest absolute Gasteiger partial charge is 0.491 e. The maximum atomic E-state index is 11.8. The average molecular weight is 317 g/mol. The van der Waals surface area contributed by atoms with Crippen LogP contribution in [0, 0.1) is 0 Å². The van der Waals surface area contributed by atoms with Gasteiger partial charge in [-0.2, -0.15) is 5.10 Å². The highest BCUT2D eigenvalue weighted by Crippen LogP contribution is 2.19. The van der Waals surface area contributed by atoms with E-state index in [4.69, 9.17) is 4.74 Å². The Kier molecular flexibility index (Phi) is 6.17. The molecule has 0 saturated heterocycles. The predicted molar refractivity (Wildman–Crippen MR) is 87.0 cm³/mol. The van der Waals surface area contributed by atoms with Gasteiger partial charge in [-0.15, -0.1) is 0 Å². The van der Waals surface area contributed by atoms with Crippen LogP contribution in [0.2, 0.25) is 0 Å². The number of hydrogen-bond acceptors (Lipinski definition) is 4. The molecule has 0 saturated carbocycles. The Bertz CT molecular complexity index is 611. The number of ether oxygens (including phenoxy) is 1. The normalized spacial score (nSPS) is 12.2. The molecule has 2 aromatic rings. The summed E-state index contributed by atoms with van der Waals surface area (Å²) in [7, 11) is 0. The molecule has 1 atom stereocenters. The quantitative estimate of drug-likeness (QED) is 0.780. The van der Waals surface area contributed by atoms with Crippen molar-refractivity contribution in [3.05, 3.63) is 48.3 Å². The van der Waals surface area contributed by atoms with Crippen LogP contribution in [0.1, 0.15) is 31.9 Å². The lowest BCUT2D eigenvalue weighted by molar-refractivity contribution is -0.121. The van der Waals surface area contributed by atoms with Gasteiger partial charge < -0.3 is 15.2 Å². The van der Waals surface area contributed by atoms with E-state index in [-0.39, 0.29) is 18.6 Å². The lowest BCUT2D eigenvalue weighted by Gasteiger charge is -2.15. The fourth-order valence-electron chi connectivity index (χ4n) is 2.13. The van der Waals surface area contributed by atoms with Gasteiger partial charge in [0.25, 0.3) is 0 Å². The summed E-state index contributed by atoms with van der Waals surface area (Å²) >= 11 is 0. The van der Waals surface area contributed by atoms with E-state index in [1.54, 1.807) is 16.9 Å². The van der Waals surface area contributed by atoms with E-state index in [2.05, 4.69) is 10.4 Å². The summed E-state index contributed by atoms with van der Waals surface area (Å²) < 4.78 is 7.30. The lowest BCUT2D eigenvalue weighted by atomic mass is 10.1. The summed E-state index contributed by atoms with van der Waals surface area (Å²) in [5.41, 5.74) is 0.718. The molecule has 1 amide bonds. The molecule has 0 bridgehead atoms. The second kappa shape index (κ2) is 8.33. The first kappa shape index (κ1) is 17.0. The molecule has 0 aliphatic heterocycles. The summed E-state index contributed by atoms with van der Waals surface area (Å²) in [4.78, 5) is 11.8. The van der Waals surface area contributed by atoms with Crippen LogP contribution in [0.15, 0.2) is 42.7 Å². The van der Waals surface area contributed by atoms with Gasteiger partial charge in [0, 0.05) is 31.9 Å². The molecule has 2 rings (SSSR count). The Morgan fingerprint density at radius 1 is 1.39 bits per heavy atom. The number of aliphatic hydroxyl groups is 1. The highest BCUT2D eigenvalue weighted by atomic mass is 16.5. The molecule has 1 unspecified atom stereocenters. The van der Waals surface area contributed by atoms with Crippen LogP contribution in [-0.2, 0) is 11.3 Å². The van der Waals surface area contributed by atoms with E-state index in [1.807, 2.05) is 44.3 Å². The van der Waals surface area contributed by atoms with E-state index < -0.39 is 6.10 Å². The van der Waals surface area contributed by atoms with Crippen LogP contribution in [0.4, 0.5) is 0 Å². The summed E-state index contributed by atoms with van der Waals surface area (Å²) in [5.74, 6) is 0.593. The maximum absolute atomic E-state index is 11.8. The minimum atomic E-state index is -0.764. The standard InChI is InChI=1S/C17H23N3O3/c1-13(2)23-15-6-3-5-14(11-15)16(21)12-18-17(22)7-10-20-9-4-8-19-20/h3-6,8-9,11,13,16,21H,7,10,12H2,1-2H3,(H,18,22). The van der Waals surface area contributed by atoms with Gasteiger partial charge in [-0.1, -0.05) is 12.1 Å². The topological polar surface area (TPSA) is 76.4 Å². The SMILES string of the molecule is CC(C)Oc1cccc(C(O)CNC(=O)CCn2cccn2)c1. The Morgan fingerprint density at radius 3 is 2.91 bits per heavy atom. The molecule has 6 nitrogen and oxygen atoms in total. The Morgan fingerprint density at radius 2 is 2.22 bits per heavy atom. The van der Waals surface area contributed by atoms with Crippen LogP contribution in [0.5, 0.6) is 5.75 Å². The number of carbonyl (C=O) groups is 1. The molecule has 0 aliphatic rings. The predicted octanol–water partition coefficient (Wildman–Crippen LogP) is 1.91. The van der Waals surface area contributed by atoms with E-state index >= 15 is 0 Å². The zero-order chi connectivity index (χ0) is 16.7. The molecule has 1 aromatic carbocycles. The summed E-state index contributed by atoms with van der Waals surface area (Å²) in [5, 5.41) is 17.0. The number of hydrogen-bond donors (Lipinski definition) is 2. The van der Waals surface area contributed by atoms with Gasteiger partial charge >= 0.3 is 0 Å². The molecule has 6 heteroatoms. The first-order chi connectivity index (χ1) is 11.0. The smallest absolute Gasteiger partial charge is 0.221 e. The van der Waals surface area contributed by atoms with Gasteiger partial charge in [0.05, 0.1) is 12.2 Å².